The summed E-state index contributed by atoms with van der Waals surface area (Å²) < 4.78 is 5.79. The van der Waals surface area contributed by atoms with Crippen molar-refractivity contribution in [2.75, 3.05) is 11.9 Å². The number of hydrogen-bond donors (Lipinski definition) is 2. The number of para-hydroxylation sites is 1. The van der Waals surface area contributed by atoms with Gasteiger partial charge < -0.3 is 15.4 Å². The van der Waals surface area contributed by atoms with Crippen molar-refractivity contribution in [1.29, 1.82) is 0 Å². The Kier molecular flexibility index (Phi) is 4.86. The van der Waals surface area contributed by atoms with Crippen molar-refractivity contribution in [1.82, 2.24) is 5.32 Å². The molecule has 1 aliphatic rings. The fourth-order valence-corrected chi connectivity index (χ4v) is 3.30. The van der Waals surface area contributed by atoms with Crippen LogP contribution in [0.15, 0.2) is 48.5 Å². The summed E-state index contributed by atoms with van der Waals surface area (Å²) in [6.07, 6.45) is 0. The first-order valence-corrected chi connectivity index (χ1v) is 8.40. The van der Waals surface area contributed by atoms with E-state index in [4.69, 9.17) is 4.74 Å². The summed E-state index contributed by atoms with van der Waals surface area (Å²) in [6.45, 7) is 6.58. The average Bonchev–Trinajstić information content (AvgIpc) is 2.98. The number of fused-ring (bicyclic) bond motifs is 1. The zero-order valence-electron chi connectivity index (χ0n) is 14.4. The SMILES string of the molecule is CC(=O)Nc1cccc([C@H](C)N[C@H](C)[C@H]2COc3ccccc32)c1. The summed E-state index contributed by atoms with van der Waals surface area (Å²) in [5.41, 5.74) is 3.26. The van der Waals surface area contributed by atoms with Gasteiger partial charge in [-0.3, -0.25) is 4.79 Å². The Morgan fingerprint density at radius 2 is 1.96 bits per heavy atom. The first-order chi connectivity index (χ1) is 11.5. The number of ether oxygens (including phenoxy) is 1. The molecule has 0 spiro atoms. The topological polar surface area (TPSA) is 50.4 Å². The highest BCUT2D eigenvalue weighted by Crippen LogP contribution is 2.36. The van der Waals surface area contributed by atoms with Crippen LogP contribution in [0.2, 0.25) is 0 Å². The minimum absolute atomic E-state index is 0.0548. The first kappa shape index (κ1) is 16.5. The second-order valence-corrected chi connectivity index (χ2v) is 6.44. The van der Waals surface area contributed by atoms with Crippen LogP contribution in [0, 0.1) is 0 Å². The van der Waals surface area contributed by atoms with Gasteiger partial charge in [0.1, 0.15) is 5.75 Å². The van der Waals surface area contributed by atoms with Crippen LogP contribution in [0.25, 0.3) is 0 Å². The molecule has 0 unspecified atom stereocenters. The minimum atomic E-state index is -0.0548. The Labute approximate surface area is 143 Å². The number of hydrogen-bond acceptors (Lipinski definition) is 3. The molecule has 126 valence electrons. The molecule has 1 aliphatic heterocycles. The summed E-state index contributed by atoms with van der Waals surface area (Å²) in [6, 6.07) is 16.7. The molecule has 4 heteroatoms. The van der Waals surface area contributed by atoms with Gasteiger partial charge in [-0.2, -0.15) is 0 Å². The molecule has 0 saturated heterocycles. The van der Waals surface area contributed by atoms with Crippen molar-refractivity contribution in [3.05, 3.63) is 59.7 Å². The van der Waals surface area contributed by atoms with E-state index in [1.54, 1.807) is 0 Å². The number of amides is 1. The molecule has 0 aromatic heterocycles. The predicted octanol–water partition coefficient (Wildman–Crippen LogP) is 3.86. The Balaban J connectivity index is 1.69. The number of carbonyl (C=O) groups is 1. The normalized spacial score (nSPS) is 18.4. The van der Waals surface area contributed by atoms with E-state index in [0.717, 1.165) is 17.0 Å². The quantitative estimate of drug-likeness (QED) is 0.878. The Morgan fingerprint density at radius 3 is 2.75 bits per heavy atom. The maximum Gasteiger partial charge on any atom is 0.221 e. The van der Waals surface area contributed by atoms with E-state index in [1.165, 1.54) is 12.5 Å². The van der Waals surface area contributed by atoms with Gasteiger partial charge in [-0.25, -0.2) is 0 Å². The molecule has 0 saturated carbocycles. The van der Waals surface area contributed by atoms with Crippen molar-refractivity contribution in [2.45, 2.75) is 38.8 Å². The summed E-state index contributed by atoms with van der Waals surface area (Å²) >= 11 is 0. The highest BCUT2D eigenvalue weighted by molar-refractivity contribution is 5.88. The Hall–Kier alpha value is -2.33. The van der Waals surface area contributed by atoms with E-state index in [0.29, 0.717) is 12.5 Å². The molecule has 3 atom stereocenters. The predicted molar refractivity (Wildman–Crippen MR) is 96.4 cm³/mol. The molecule has 0 aliphatic carbocycles. The lowest BCUT2D eigenvalue weighted by Gasteiger charge is -2.25. The Morgan fingerprint density at radius 1 is 1.17 bits per heavy atom. The van der Waals surface area contributed by atoms with Crippen LogP contribution in [-0.2, 0) is 4.79 Å². The fourth-order valence-electron chi connectivity index (χ4n) is 3.30. The summed E-state index contributed by atoms with van der Waals surface area (Å²) in [5.74, 6) is 1.29. The molecule has 2 N–H and O–H groups in total. The van der Waals surface area contributed by atoms with Crippen LogP contribution in [-0.4, -0.2) is 18.6 Å². The van der Waals surface area contributed by atoms with Crippen molar-refractivity contribution in [3.63, 3.8) is 0 Å². The zero-order valence-corrected chi connectivity index (χ0v) is 14.4. The van der Waals surface area contributed by atoms with Gasteiger partial charge in [-0.1, -0.05) is 30.3 Å². The third kappa shape index (κ3) is 3.60. The number of carbonyl (C=O) groups excluding carboxylic acids is 1. The summed E-state index contributed by atoms with van der Waals surface area (Å²) in [7, 11) is 0. The van der Waals surface area contributed by atoms with Gasteiger partial charge in [-0.05, 0) is 37.6 Å². The van der Waals surface area contributed by atoms with Crippen LogP contribution < -0.4 is 15.4 Å². The first-order valence-electron chi connectivity index (χ1n) is 8.40. The van der Waals surface area contributed by atoms with E-state index in [9.17, 15) is 4.79 Å². The molecule has 4 nitrogen and oxygen atoms in total. The second-order valence-electron chi connectivity index (χ2n) is 6.44. The number of nitrogens with one attached hydrogen (secondary N) is 2. The van der Waals surface area contributed by atoms with Crippen LogP contribution in [0.1, 0.15) is 43.9 Å². The van der Waals surface area contributed by atoms with Gasteiger partial charge in [0.2, 0.25) is 5.91 Å². The average molecular weight is 324 g/mol. The lowest BCUT2D eigenvalue weighted by atomic mass is 9.93. The molecular weight excluding hydrogens is 300 g/mol. The van der Waals surface area contributed by atoms with Gasteiger partial charge in [0, 0.05) is 36.2 Å². The van der Waals surface area contributed by atoms with Gasteiger partial charge in [0.25, 0.3) is 0 Å². The van der Waals surface area contributed by atoms with Gasteiger partial charge in [-0.15, -0.1) is 0 Å². The molecule has 24 heavy (non-hydrogen) atoms. The summed E-state index contributed by atoms with van der Waals surface area (Å²) in [5, 5.41) is 6.50. The lowest BCUT2D eigenvalue weighted by molar-refractivity contribution is -0.114. The van der Waals surface area contributed by atoms with Gasteiger partial charge in [0.05, 0.1) is 6.61 Å². The molecule has 0 fully saturated rings. The van der Waals surface area contributed by atoms with Crippen LogP contribution in [0.3, 0.4) is 0 Å². The van der Waals surface area contributed by atoms with E-state index in [1.807, 2.05) is 30.3 Å². The molecular formula is C20H24N2O2. The molecule has 2 aromatic carbocycles. The van der Waals surface area contributed by atoms with Crippen molar-refractivity contribution >= 4 is 11.6 Å². The van der Waals surface area contributed by atoms with Crippen LogP contribution in [0.5, 0.6) is 5.75 Å². The fraction of sp³-hybridized carbons (Fsp3) is 0.350. The van der Waals surface area contributed by atoms with Crippen molar-refractivity contribution in [3.8, 4) is 5.75 Å². The highest BCUT2D eigenvalue weighted by atomic mass is 16.5. The molecule has 0 radical (unpaired) electrons. The largest absolute Gasteiger partial charge is 0.493 e. The number of benzene rings is 2. The standard InChI is InChI=1S/C20H24N2O2/c1-13(16-7-6-8-17(11-16)22-15(3)23)21-14(2)19-12-24-20-10-5-4-9-18(19)20/h4-11,13-14,19,21H,12H2,1-3H3,(H,22,23)/t13-,14+,19+/m0/s1. The monoisotopic (exact) mass is 324 g/mol. The minimum Gasteiger partial charge on any atom is -0.493 e. The van der Waals surface area contributed by atoms with Gasteiger partial charge in [0.15, 0.2) is 0 Å². The third-order valence-corrected chi connectivity index (χ3v) is 4.56. The van der Waals surface area contributed by atoms with E-state index in [-0.39, 0.29) is 18.0 Å². The molecule has 1 heterocycles. The van der Waals surface area contributed by atoms with Crippen LogP contribution in [0.4, 0.5) is 5.69 Å². The molecule has 1 amide bonds. The van der Waals surface area contributed by atoms with E-state index >= 15 is 0 Å². The lowest BCUT2D eigenvalue weighted by Crippen LogP contribution is -2.35. The molecule has 3 rings (SSSR count). The summed E-state index contributed by atoms with van der Waals surface area (Å²) in [4.78, 5) is 11.2. The van der Waals surface area contributed by atoms with E-state index < -0.39 is 0 Å². The van der Waals surface area contributed by atoms with Gasteiger partial charge >= 0.3 is 0 Å². The van der Waals surface area contributed by atoms with Crippen molar-refractivity contribution < 1.29 is 9.53 Å². The molecule has 0 bridgehead atoms. The van der Waals surface area contributed by atoms with Crippen molar-refractivity contribution in [2.24, 2.45) is 0 Å². The highest BCUT2D eigenvalue weighted by Gasteiger charge is 2.29. The Bertz CT molecular complexity index is 729. The number of rotatable bonds is 5. The zero-order chi connectivity index (χ0) is 17.1. The number of anilines is 1. The van der Waals surface area contributed by atoms with E-state index in [2.05, 4.69) is 42.7 Å². The maximum atomic E-state index is 11.2. The molecule has 2 aromatic rings. The second kappa shape index (κ2) is 7.05. The smallest absolute Gasteiger partial charge is 0.221 e. The van der Waals surface area contributed by atoms with Crippen LogP contribution >= 0.6 is 0 Å². The maximum absolute atomic E-state index is 11.2. The third-order valence-electron chi connectivity index (χ3n) is 4.56.